The fourth-order valence-electron chi connectivity index (χ4n) is 1.33. The summed E-state index contributed by atoms with van der Waals surface area (Å²) in [4.78, 5) is 0. The first kappa shape index (κ1) is 8.97. The number of hydrogen-bond donors (Lipinski definition) is 0. The van der Waals surface area contributed by atoms with E-state index in [4.69, 9.17) is 14.7 Å². The highest BCUT2D eigenvalue weighted by atomic mass is 19.1. The SMILES string of the molecule is COc1ccc(C2CO2)c(F)c1C#N. The number of halogens is 1. The van der Waals surface area contributed by atoms with Crippen LogP contribution in [0.25, 0.3) is 0 Å². The molecule has 3 nitrogen and oxygen atoms in total. The first-order valence-corrected chi connectivity index (χ1v) is 4.16. The third-order valence-electron chi connectivity index (χ3n) is 2.15. The summed E-state index contributed by atoms with van der Waals surface area (Å²) in [6.07, 6.45) is -0.187. The van der Waals surface area contributed by atoms with Crippen molar-refractivity contribution in [2.45, 2.75) is 6.10 Å². The maximum atomic E-state index is 13.6. The van der Waals surface area contributed by atoms with Crippen molar-refractivity contribution in [3.63, 3.8) is 0 Å². The van der Waals surface area contributed by atoms with Crippen LogP contribution in [-0.4, -0.2) is 13.7 Å². The van der Waals surface area contributed by atoms with Gasteiger partial charge < -0.3 is 9.47 Å². The third kappa shape index (κ3) is 1.32. The second kappa shape index (κ2) is 3.28. The van der Waals surface area contributed by atoms with Crippen LogP contribution in [-0.2, 0) is 4.74 Å². The molecule has 1 unspecified atom stereocenters. The van der Waals surface area contributed by atoms with Crippen molar-refractivity contribution < 1.29 is 13.9 Å². The summed E-state index contributed by atoms with van der Waals surface area (Å²) in [5, 5.41) is 8.75. The van der Waals surface area contributed by atoms with Gasteiger partial charge in [-0.25, -0.2) is 4.39 Å². The van der Waals surface area contributed by atoms with Crippen LogP contribution in [0.2, 0.25) is 0 Å². The van der Waals surface area contributed by atoms with E-state index in [1.807, 2.05) is 0 Å². The second-order valence-electron chi connectivity index (χ2n) is 2.98. The molecule has 72 valence electrons. The van der Waals surface area contributed by atoms with Gasteiger partial charge in [0.25, 0.3) is 0 Å². The highest BCUT2D eigenvalue weighted by Gasteiger charge is 2.29. The van der Waals surface area contributed by atoms with Gasteiger partial charge in [0.15, 0.2) is 5.82 Å². The zero-order valence-electron chi connectivity index (χ0n) is 7.58. The molecule has 14 heavy (non-hydrogen) atoms. The predicted octanol–water partition coefficient (Wildman–Crippen LogP) is 1.78. The molecular weight excluding hydrogens is 185 g/mol. The summed E-state index contributed by atoms with van der Waals surface area (Å²) < 4.78 is 23.5. The topological polar surface area (TPSA) is 45.5 Å². The number of hydrogen-bond acceptors (Lipinski definition) is 3. The number of methoxy groups -OCH3 is 1. The van der Waals surface area contributed by atoms with Crippen molar-refractivity contribution in [1.29, 1.82) is 5.26 Å². The number of nitrogens with zero attached hydrogens (tertiary/aromatic N) is 1. The van der Waals surface area contributed by atoms with E-state index in [1.165, 1.54) is 7.11 Å². The Morgan fingerprint density at radius 2 is 2.36 bits per heavy atom. The van der Waals surface area contributed by atoms with Crippen LogP contribution in [0, 0.1) is 17.1 Å². The van der Waals surface area contributed by atoms with Crippen LogP contribution in [0.5, 0.6) is 5.75 Å². The fourth-order valence-corrected chi connectivity index (χ4v) is 1.33. The van der Waals surface area contributed by atoms with Crippen LogP contribution >= 0.6 is 0 Å². The minimum atomic E-state index is -0.533. The Hall–Kier alpha value is -1.60. The first-order valence-electron chi connectivity index (χ1n) is 4.16. The molecule has 1 aliphatic heterocycles. The highest BCUT2D eigenvalue weighted by molar-refractivity contribution is 5.47. The monoisotopic (exact) mass is 193 g/mol. The quantitative estimate of drug-likeness (QED) is 0.672. The van der Waals surface area contributed by atoms with Crippen LogP contribution in [0.1, 0.15) is 17.2 Å². The second-order valence-corrected chi connectivity index (χ2v) is 2.98. The Morgan fingerprint density at radius 3 is 2.86 bits per heavy atom. The molecule has 1 saturated heterocycles. The predicted molar refractivity (Wildman–Crippen MR) is 46.4 cm³/mol. The highest BCUT2D eigenvalue weighted by Crippen LogP contribution is 2.35. The molecule has 1 aromatic rings. The van der Waals surface area contributed by atoms with E-state index in [2.05, 4.69) is 0 Å². The molecule has 0 radical (unpaired) electrons. The number of ether oxygens (including phenoxy) is 2. The lowest BCUT2D eigenvalue weighted by Gasteiger charge is -2.05. The van der Waals surface area contributed by atoms with Crippen LogP contribution in [0.15, 0.2) is 12.1 Å². The molecule has 0 spiro atoms. The largest absolute Gasteiger partial charge is 0.495 e. The van der Waals surface area contributed by atoms with Crippen molar-refractivity contribution in [3.05, 3.63) is 29.1 Å². The summed E-state index contributed by atoms with van der Waals surface area (Å²) >= 11 is 0. The van der Waals surface area contributed by atoms with Crippen LogP contribution < -0.4 is 4.74 Å². The lowest BCUT2D eigenvalue weighted by molar-refractivity contribution is 0.398. The molecule has 1 fully saturated rings. The molecule has 0 aromatic heterocycles. The molecule has 1 aliphatic rings. The first-order chi connectivity index (χ1) is 6.77. The molecule has 1 heterocycles. The standard InChI is InChI=1S/C10H8FNO2/c1-13-8-3-2-6(9-5-14-9)10(11)7(8)4-12/h2-3,9H,5H2,1H3. The maximum Gasteiger partial charge on any atom is 0.150 e. The summed E-state index contributed by atoms with van der Waals surface area (Å²) in [5.41, 5.74) is 0.378. The summed E-state index contributed by atoms with van der Waals surface area (Å²) in [5.74, 6) is -0.274. The van der Waals surface area contributed by atoms with E-state index in [-0.39, 0.29) is 17.4 Å². The van der Waals surface area contributed by atoms with Gasteiger partial charge >= 0.3 is 0 Å². The fraction of sp³-hybridized carbons (Fsp3) is 0.300. The Labute approximate surface area is 80.7 Å². The van der Waals surface area contributed by atoms with Gasteiger partial charge in [0.05, 0.1) is 13.7 Å². The molecule has 0 bridgehead atoms. The summed E-state index contributed by atoms with van der Waals surface area (Å²) in [7, 11) is 1.41. The molecule has 0 amide bonds. The number of nitriles is 1. The Bertz CT molecular complexity index is 407. The maximum absolute atomic E-state index is 13.6. The van der Waals surface area contributed by atoms with Gasteiger partial charge in [0.1, 0.15) is 23.5 Å². The molecule has 1 aromatic carbocycles. The molecule has 0 N–H and O–H groups in total. The lowest BCUT2D eigenvalue weighted by Crippen LogP contribution is -1.96. The van der Waals surface area contributed by atoms with Crippen molar-refractivity contribution in [2.75, 3.05) is 13.7 Å². The van der Waals surface area contributed by atoms with Crippen molar-refractivity contribution in [3.8, 4) is 11.8 Å². The van der Waals surface area contributed by atoms with E-state index in [0.29, 0.717) is 12.2 Å². The molecule has 0 aliphatic carbocycles. The Morgan fingerprint density at radius 1 is 1.64 bits per heavy atom. The molecule has 1 atom stereocenters. The minimum absolute atomic E-state index is 0.0551. The van der Waals surface area contributed by atoms with Crippen molar-refractivity contribution >= 4 is 0 Å². The molecule has 2 rings (SSSR count). The van der Waals surface area contributed by atoms with Gasteiger partial charge in [0, 0.05) is 5.56 Å². The molecular formula is C10H8FNO2. The normalized spacial score (nSPS) is 18.8. The lowest BCUT2D eigenvalue weighted by atomic mass is 10.1. The molecule has 0 saturated carbocycles. The number of rotatable bonds is 2. The number of benzene rings is 1. The van der Waals surface area contributed by atoms with E-state index < -0.39 is 5.82 Å². The third-order valence-corrected chi connectivity index (χ3v) is 2.15. The van der Waals surface area contributed by atoms with Gasteiger partial charge in [-0.1, -0.05) is 0 Å². The molecule has 4 heteroatoms. The van der Waals surface area contributed by atoms with E-state index in [0.717, 1.165) is 0 Å². The van der Waals surface area contributed by atoms with Crippen molar-refractivity contribution in [2.24, 2.45) is 0 Å². The zero-order valence-corrected chi connectivity index (χ0v) is 7.58. The van der Waals surface area contributed by atoms with Crippen LogP contribution in [0.3, 0.4) is 0 Å². The smallest absolute Gasteiger partial charge is 0.150 e. The van der Waals surface area contributed by atoms with E-state index >= 15 is 0 Å². The summed E-state index contributed by atoms with van der Waals surface area (Å²) in [6.45, 7) is 0.522. The van der Waals surface area contributed by atoms with Crippen LogP contribution in [0.4, 0.5) is 4.39 Å². The van der Waals surface area contributed by atoms with E-state index in [9.17, 15) is 4.39 Å². The van der Waals surface area contributed by atoms with Crippen molar-refractivity contribution in [1.82, 2.24) is 0 Å². The Balaban J connectivity index is 2.52. The average molecular weight is 193 g/mol. The Kier molecular flexibility index (Phi) is 2.10. The minimum Gasteiger partial charge on any atom is -0.495 e. The van der Waals surface area contributed by atoms with E-state index in [1.54, 1.807) is 18.2 Å². The average Bonchev–Trinajstić information content (AvgIpc) is 3.00. The number of epoxide rings is 1. The van der Waals surface area contributed by atoms with Gasteiger partial charge in [-0.2, -0.15) is 5.26 Å². The zero-order chi connectivity index (χ0) is 10.1. The van der Waals surface area contributed by atoms with Gasteiger partial charge in [-0.05, 0) is 12.1 Å². The van der Waals surface area contributed by atoms with Gasteiger partial charge in [-0.15, -0.1) is 0 Å². The van der Waals surface area contributed by atoms with Gasteiger partial charge in [0.2, 0.25) is 0 Å². The van der Waals surface area contributed by atoms with Gasteiger partial charge in [-0.3, -0.25) is 0 Å². The summed E-state index contributed by atoms with van der Waals surface area (Å²) in [6, 6.07) is 4.95.